The van der Waals surface area contributed by atoms with Crippen molar-refractivity contribution in [2.45, 2.75) is 6.54 Å². The van der Waals surface area contributed by atoms with E-state index in [2.05, 4.69) is 15.7 Å². The number of guanidine groups is 1. The number of methoxy groups -OCH3 is 1. The molecule has 0 aliphatic rings. The van der Waals surface area contributed by atoms with Crippen molar-refractivity contribution >= 4 is 5.96 Å². The molecule has 0 atom stereocenters. The van der Waals surface area contributed by atoms with Crippen molar-refractivity contribution in [2.24, 2.45) is 10.8 Å². The maximum atomic E-state index is 13.3. The van der Waals surface area contributed by atoms with Crippen LogP contribution >= 0.6 is 0 Å². The SMILES string of the molecule is COCCNC(=NCc1cc(F)ccc1F)NN. The quantitative estimate of drug-likeness (QED) is 0.237. The van der Waals surface area contributed by atoms with E-state index in [-0.39, 0.29) is 18.1 Å². The van der Waals surface area contributed by atoms with Crippen LogP contribution < -0.4 is 16.6 Å². The van der Waals surface area contributed by atoms with Crippen molar-refractivity contribution in [1.82, 2.24) is 10.7 Å². The summed E-state index contributed by atoms with van der Waals surface area (Å²) >= 11 is 0. The largest absolute Gasteiger partial charge is 0.383 e. The first-order chi connectivity index (χ1) is 8.67. The molecule has 0 bridgehead atoms. The zero-order valence-electron chi connectivity index (χ0n) is 10.0. The van der Waals surface area contributed by atoms with Gasteiger partial charge in [0, 0.05) is 19.2 Å². The number of nitrogens with two attached hydrogens (primary N) is 1. The van der Waals surface area contributed by atoms with Crippen LogP contribution in [0.2, 0.25) is 0 Å². The molecule has 1 aromatic carbocycles. The van der Waals surface area contributed by atoms with Gasteiger partial charge in [-0.05, 0) is 18.2 Å². The highest BCUT2D eigenvalue weighted by Gasteiger charge is 2.03. The Morgan fingerprint density at radius 2 is 2.22 bits per heavy atom. The van der Waals surface area contributed by atoms with Gasteiger partial charge in [0.25, 0.3) is 0 Å². The van der Waals surface area contributed by atoms with Crippen LogP contribution in [0.3, 0.4) is 0 Å². The number of nitrogens with zero attached hydrogens (tertiary/aromatic N) is 1. The summed E-state index contributed by atoms with van der Waals surface area (Å²) in [6.45, 7) is 0.975. The zero-order valence-corrected chi connectivity index (χ0v) is 10.0. The van der Waals surface area contributed by atoms with Crippen LogP contribution in [-0.4, -0.2) is 26.2 Å². The average molecular weight is 258 g/mol. The van der Waals surface area contributed by atoms with Crippen molar-refractivity contribution in [2.75, 3.05) is 20.3 Å². The van der Waals surface area contributed by atoms with Gasteiger partial charge in [-0.25, -0.2) is 19.6 Å². The molecule has 7 heteroatoms. The van der Waals surface area contributed by atoms with Gasteiger partial charge in [0.2, 0.25) is 5.96 Å². The van der Waals surface area contributed by atoms with Gasteiger partial charge in [-0.15, -0.1) is 0 Å². The number of hydrogen-bond acceptors (Lipinski definition) is 3. The third kappa shape index (κ3) is 4.64. The van der Waals surface area contributed by atoms with Gasteiger partial charge in [-0.2, -0.15) is 0 Å². The molecule has 5 nitrogen and oxygen atoms in total. The number of hydrogen-bond donors (Lipinski definition) is 3. The van der Waals surface area contributed by atoms with Crippen molar-refractivity contribution < 1.29 is 13.5 Å². The smallest absolute Gasteiger partial charge is 0.206 e. The van der Waals surface area contributed by atoms with Gasteiger partial charge in [-0.1, -0.05) is 0 Å². The van der Waals surface area contributed by atoms with Crippen LogP contribution in [0.15, 0.2) is 23.2 Å². The lowest BCUT2D eigenvalue weighted by molar-refractivity contribution is 0.203. The van der Waals surface area contributed by atoms with Gasteiger partial charge < -0.3 is 10.1 Å². The maximum Gasteiger partial charge on any atom is 0.206 e. The van der Waals surface area contributed by atoms with Crippen molar-refractivity contribution in [3.8, 4) is 0 Å². The summed E-state index contributed by atoms with van der Waals surface area (Å²) in [5.74, 6) is 4.51. The number of halogens is 2. The minimum Gasteiger partial charge on any atom is -0.383 e. The molecular formula is C11H16F2N4O. The second-order valence-electron chi connectivity index (χ2n) is 3.46. The normalized spacial score (nSPS) is 11.4. The van der Waals surface area contributed by atoms with Gasteiger partial charge in [0.05, 0.1) is 13.2 Å². The van der Waals surface area contributed by atoms with Gasteiger partial charge >= 0.3 is 0 Å². The zero-order chi connectivity index (χ0) is 13.4. The first kappa shape index (κ1) is 14.3. The molecule has 1 aromatic rings. The Morgan fingerprint density at radius 1 is 1.44 bits per heavy atom. The van der Waals surface area contributed by atoms with Crippen LogP contribution in [0.4, 0.5) is 8.78 Å². The molecule has 0 fully saturated rings. The van der Waals surface area contributed by atoms with Gasteiger partial charge in [0.15, 0.2) is 0 Å². The average Bonchev–Trinajstić information content (AvgIpc) is 2.37. The highest BCUT2D eigenvalue weighted by atomic mass is 19.1. The molecule has 1 rings (SSSR count). The highest BCUT2D eigenvalue weighted by Crippen LogP contribution is 2.10. The predicted octanol–water partition coefficient (Wildman–Crippen LogP) is 0.520. The Balaban J connectivity index is 2.61. The Bertz CT molecular complexity index is 412. The Labute approximate surface area is 104 Å². The van der Waals surface area contributed by atoms with E-state index in [1.165, 1.54) is 0 Å². The fourth-order valence-electron chi connectivity index (χ4n) is 1.25. The lowest BCUT2D eigenvalue weighted by Crippen LogP contribution is -2.42. The van der Waals surface area contributed by atoms with Crippen LogP contribution in [0, 0.1) is 11.6 Å². The van der Waals surface area contributed by atoms with Gasteiger partial charge in [0.1, 0.15) is 11.6 Å². The summed E-state index contributed by atoms with van der Waals surface area (Å²) in [6, 6.07) is 3.22. The second-order valence-corrected chi connectivity index (χ2v) is 3.46. The number of aliphatic imine (C=N–C) groups is 1. The van der Waals surface area contributed by atoms with Crippen molar-refractivity contribution in [3.63, 3.8) is 0 Å². The second kappa shape index (κ2) is 7.57. The van der Waals surface area contributed by atoms with E-state index < -0.39 is 11.6 Å². The molecule has 0 aliphatic carbocycles. The predicted molar refractivity (Wildman–Crippen MR) is 64.7 cm³/mol. The summed E-state index contributed by atoms with van der Waals surface area (Å²) in [6.07, 6.45) is 0. The van der Waals surface area contributed by atoms with E-state index >= 15 is 0 Å². The van der Waals surface area contributed by atoms with Crippen LogP contribution in [0.5, 0.6) is 0 Å². The van der Waals surface area contributed by atoms with E-state index in [9.17, 15) is 8.78 Å². The molecule has 0 aromatic heterocycles. The summed E-state index contributed by atoms with van der Waals surface area (Å²) in [7, 11) is 1.57. The number of ether oxygens (including phenoxy) is 1. The monoisotopic (exact) mass is 258 g/mol. The Hall–Kier alpha value is -1.73. The number of benzene rings is 1. The van der Waals surface area contributed by atoms with Crippen molar-refractivity contribution in [1.29, 1.82) is 0 Å². The fourth-order valence-corrected chi connectivity index (χ4v) is 1.25. The standard InChI is InChI=1S/C11H16F2N4O/c1-18-5-4-15-11(17-14)16-7-8-6-9(12)2-3-10(8)13/h2-3,6H,4-5,7,14H2,1H3,(H2,15,16,17). The minimum absolute atomic E-state index is 0.0108. The number of nitrogens with one attached hydrogen (secondary N) is 2. The molecule has 0 heterocycles. The number of hydrazine groups is 1. The molecule has 100 valence electrons. The maximum absolute atomic E-state index is 13.3. The molecule has 0 saturated heterocycles. The first-order valence-electron chi connectivity index (χ1n) is 5.35. The molecule has 0 aliphatic heterocycles. The van der Waals surface area contributed by atoms with E-state index in [0.29, 0.717) is 13.2 Å². The minimum atomic E-state index is -0.506. The molecule has 0 amide bonds. The van der Waals surface area contributed by atoms with Crippen LogP contribution in [-0.2, 0) is 11.3 Å². The van der Waals surface area contributed by atoms with E-state index in [1.807, 2.05) is 0 Å². The molecule has 0 spiro atoms. The molecule has 0 radical (unpaired) electrons. The molecule has 0 saturated carbocycles. The summed E-state index contributed by atoms with van der Waals surface area (Å²) in [4.78, 5) is 3.99. The molecular weight excluding hydrogens is 242 g/mol. The van der Waals surface area contributed by atoms with E-state index in [1.54, 1.807) is 7.11 Å². The van der Waals surface area contributed by atoms with Gasteiger partial charge in [-0.3, -0.25) is 5.43 Å². The Kier molecular flexibility index (Phi) is 6.03. The molecule has 4 N–H and O–H groups in total. The summed E-state index contributed by atoms with van der Waals surface area (Å²) in [5, 5.41) is 2.85. The molecule has 0 unspecified atom stereocenters. The first-order valence-corrected chi connectivity index (χ1v) is 5.35. The van der Waals surface area contributed by atoms with E-state index in [0.717, 1.165) is 18.2 Å². The van der Waals surface area contributed by atoms with Crippen LogP contribution in [0.1, 0.15) is 5.56 Å². The van der Waals surface area contributed by atoms with Crippen LogP contribution in [0.25, 0.3) is 0 Å². The third-order valence-corrected chi connectivity index (χ3v) is 2.15. The van der Waals surface area contributed by atoms with Crippen molar-refractivity contribution in [3.05, 3.63) is 35.4 Å². The third-order valence-electron chi connectivity index (χ3n) is 2.15. The Morgan fingerprint density at radius 3 is 2.89 bits per heavy atom. The molecule has 18 heavy (non-hydrogen) atoms. The fraction of sp³-hybridized carbons (Fsp3) is 0.364. The summed E-state index contributed by atoms with van der Waals surface area (Å²) in [5.41, 5.74) is 2.50. The lowest BCUT2D eigenvalue weighted by Gasteiger charge is -2.08. The highest BCUT2D eigenvalue weighted by molar-refractivity contribution is 5.79. The van der Waals surface area contributed by atoms with E-state index in [4.69, 9.17) is 10.6 Å². The lowest BCUT2D eigenvalue weighted by atomic mass is 10.2. The number of rotatable bonds is 5. The summed E-state index contributed by atoms with van der Waals surface area (Å²) < 4.78 is 31.1. The topological polar surface area (TPSA) is 71.7 Å².